The first-order chi connectivity index (χ1) is 11.4. The molecule has 1 aliphatic heterocycles. The van der Waals surface area contributed by atoms with Gasteiger partial charge in [0.1, 0.15) is 0 Å². The smallest absolute Gasteiger partial charge is 0.257 e. The van der Waals surface area contributed by atoms with E-state index in [-0.39, 0.29) is 17.6 Å². The monoisotopic (exact) mass is 327 g/mol. The topological polar surface area (TPSA) is 47.4 Å². The molecule has 0 N–H and O–H groups in total. The molecule has 3 rings (SSSR count). The first-order valence-corrected chi connectivity index (χ1v) is 8.38. The van der Waals surface area contributed by atoms with Crippen molar-refractivity contribution in [2.75, 3.05) is 13.2 Å². The van der Waals surface area contributed by atoms with Gasteiger partial charge in [-0.1, -0.05) is 30.3 Å². The largest absolute Gasteiger partial charge is 0.374 e. The van der Waals surface area contributed by atoms with Gasteiger partial charge in [-0.15, -0.1) is 0 Å². The van der Waals surface area contributed by atoms with Gasteiger partial charge in [-0.25, -0.2) is 0 Å². The van der Waals surface area contributed by atoms with Crippen LogP contribution in [0.3, 0.4) is 0 Å². The summed E-state index contributed by atoms with van der Waals surface area (Å²) in [7, 11) is 0. The van der Waals surface area contributed by atoms with Gasteiger partial charge in [0.15, 0.2) is 0 Å². The summed E-state index contributed by atoms with van der Waals surface area (Å²) in [5.41, 5.74) is 2.44. The van der Waals surface area contributed by atoms with Crippen molar-refractivity contribution in [3.63, 3.8) is 0 Å². The summed E-state index contributed by atoms with van der Waals surface area (Å²) in [5, 5.41) is 4.43. The van der Waals surface area contributed by atoms with E-state index in [0.717, 1.165) is 5.69 Å². The van der Waals surface area contributed by atoms with Gasteiger partial charge in [0.25, 0.3) is 5.91 Å². The third kappa shape index (κ3) is 3.22. The lowest BCUT2D eigenvalue weighted by atomic mass is 9.99. The van der Waals surface area contributed by atoms with Crippen molar-refractivity contribution in [2.45, 2.75) is 45.9 Å². The van der Waals surface area contributed by atoms with E-state index in [1.54, 1.807) is 6.20 Å². The van der Waals surface area contributed by atoms with E-state index >= 15 is 0 Å². The standard InChI is InChI=1S/C19H25N3O2/c1-14-11-21(19(3,4)13-24-14)18(23)17-10-20-22(15(17)2)12-16-8-6-5-7-9-16/h5-10,14H,11-13H2,1-4H3. The number of hydrogen-bond acceptors (Lipinski definition) is 3. The van der Waals surface area contributed by atoms with Crippen molar-refractivity contribution in [3.8, 4) is 0 Å². The van der Waals surface area contributed by atoms with E-state index in [2.05, 4.69) is 17.2 Å². The van der Waals surface area contributed by atoms with Gasteiger partial charge in [0, 0.05) is 12.2 Å². The van der Waals surface area contributed by atoms with E-state index in [4.69, 9.17) is 4.74 Å². The second-order valence-corrected chi connectivity index (χ2v) is 7.14. The van der Waals surface area contributed by atoms with Gasteiger partial charge in [-0.2, -0.15) is 5.10 Å². The van der Waals surface area contributed by atoms with E-state index in [0.29, 0.717) is 25.3 Å². The fourth-order valence-electron chi connectivity index (χ4n) is 3.06. The molecule has 1 fully saturated rings. The van der Waals surface area contributed by atoms with Crippen LogP contribution < -0.4 is 0 Å². The summed E-state index contributed by atoms with van der Waals surface area (Å²) in [4.78, 5) is 15.0. The predicted octanol–water partition coefficient (Wildman–Crippen LogP) is 2.88. The van der Waals surface area contributed by atoms with Crippen molar-refractivity contribution in [1.82, 2.24) is 14.7 Å². The molecule has 0 aliphatic carbocycles. The maximum atomic E-state index is 13.1. The zero-order chi connectivity index (χ0) is 17.3. The third-order valence-corrected chi connectivity index (χ3v) is 4.65. The lowest BCUT2D eigenvalue weighted by molar-refractivity contribution is -0.0756. The van der Waals surface area contributed by atoms with Crippen LogP contribution in [0.2, 0.25) is 0 Å². The molecule has 5 heteroatoms. The van der Waals surface area contributed by atoms with Crippen molar-refractivity contribution < 1.29 is 9.53 Å². The molecule has 1 atom stereocenters. The van der Waals surface area contributed by atoms with Gasteiger partial charge in [0.05, 0.1) is 36.6 Å². The first-order valence-electron chi connectivity index (χ1n) is 8.38. The highest BCUT2D eigenvalue weighted by molar-refractivity contribution is 5.95. The summed E-state index contributed by atoms with van der Waals surface area (Å²) < 4.78 is 7.60. The zero-order valence-electron chi connectivity index (χ0n) is 14.8. The maximum absolute atomic E-state index is 13.1. The second kappa shape index (κ2) is 6.40. The van der Waals surface area contributed by atoms with Gasteiger partial charge in [-0.05, 0) is 33.3 Å². The number of amides is 1. The Labute approximate surface area is 143 Å². The van der Waals surface area contributed by atoms with Crippen LogP contribution in [0.15, 0.2) is 36.5 Å². The summed E-state index contributed by atoms with van der Waals surface area (Å²) in [6, 6.07) is 10.1. The molecule has 5 nitrogen and oxygen atoms in total. The fraction of sp³-hybridized carbons (Fsp3) is 0.474. The Morgan fingerprint density at radius 3 is 2.75 bits per heavy atom. The van der Waals surface area contributed by atoms with Crippen LogP contribution in [0, 0.1) is 6.92 Å². The van der Waals surface area contributed by atoms with Crippen LogP contribution in [0.5, 0.6) is 0 Å². The van der Waals surface area contributed by atoms with Crippen molar-refractivity contribution in [1.29, 1.82) is 0 Å². The molecule has 1 aliphatic rings. The number of benzene rings is 1. The molecule has 0 bridgehead atoms. The molecule has 0 radical (unpaired) electrons. The quantitative estimate of drug-likeness (QED) is 0.871. The van der Waals surface area contributed by atoms with E-state index < -0.39 is 0 Å². The minimum atomic E-state index is -0.308. The van der Waals surface area contributed by atoms with Crippen molar-refractivity contribution in [2.24, 2.45) is 0 Å². The molecule has 2 heterocycles. The Bertz CT molecular complexity index is 721. The number of ether oxygens (including phenoxy) is 1. The Hall–Kier alpha value is -2.14. The average Bonchev–Trinajstić information content (AvgIpc) is 2.91. The van der Waals surface area contributed by atoms with Gasteiger partial charge in [0.2, 0.25) is 0 Å². The van der Waals surface area contributed by atoms with Crippen molar-refractivity contribution >= 4 is 5.91 Å². The van der Waals surface area contributed by atoms with E-state index in [9.17, 15) is 4.79 Å². The zero-order valence-corrected chi connectivity index (χ0v) is 14.8. The van der Waals surface area contributed by atoms with Crippen molar-refractivity contribution in [3.05, 3.63) is 53.3 Å². The molecule has 1 saturated heterocycles. The van der Waals surface area contributed by atoms with Gasteiger partial charge >= 0.3 is 0 Å². The van der Waals surface area contributed by atoms with Crippen LogP contribution in [-0.2, 0) is 11.3 Å². The SMILES string of the molecule is Cc1c(C(=O)N2CC(C)OCC2(C)C)cnn1Cc1ccccc1. The molecular formula is C19H25N3O2. The highest BCUT2D eigenvalue weighted by Gasteiger charge is 2.38. The van der Waals surface area contributed by atoms with Crippen LogP contribution in [-0.4, -0.2) is 45.4 Å². The lowest BCUT2D eigenvalue weighted by Crippen LogP contribution is -2.57. The molecule has 128 valence electrons. The highest BCUT2D eigenvalue weighted by atomic mass is 16.5. The summed E-state index contributed by atoms with van der Waals surface area (Å²) >= 11 is 0. The Morgan fingerprint density at radius 1 is 1.33 bits per heavy atom. The van der Waals surface area contributed by atoms with E-state index in [1.165, 1.54) is 5.56 Å². The molecule has 1 aromatic heterocycles. The van der Waals surface area contributed by atoms with Crippen LogP contribution in [0.4, 0.5) is 0 Å². The summed E-state index contributed by atoms with van der Waals surface area (Å²) in [6.45, 7) is 9.87. The summed E-state index contributed by atoms with van der Waals surface area (Å²) in [6.07, 6.45) is 1.75. The first kappa shape index (κ1) is 16.7. The Morgan fingerprint density at radius 2 is 2.04 bits per heavy atom. The fourth-order valence-corrected chi connectivity index (χ4v) is 3.06. The van der Waals surface area contributed by atoms with Crippen LogP contribution >= 0.6 is 0 Å². The lowest BCUT2D eigenvalue weighted by Gasteiger charge is -2.44. The minimum Gasteiger partial charge on any atom is -0.374 e. The normalized spacial score (nSPS) is 20.2. The molecular weight excluding hydrogens is 302 g/mol. The number of hydrogen-bond donors (Lipinski definition) is 0. The molecule has 0 saturated carbocycles. The molecule has 1 unspecified atom stereocenters. The Balaban J connectivity index is 1.83. The molecule has 1 aromatic carbocycles. The number of rotatable bonds is 3. The molecule has 0 spiro atoms. The second-order valence-electron chi connectivity index (χ2n) is 7.14. The van der Waals surface area contributed by atoms with Crippen LogP contribution in [0.1, 0.15) is 42.4 Å². The molecule has 1 amide bonds. The summed E-state index contributed by atoms with van der Waals surface area (Å²) in [5.74, 6) is 0.0342. The van der Waals surface area contributed by atoms with Gasteiger partial charge in [-0.3, -0.25) is 9.48 Å². The number of carbonyl (C=O) groups excluding carboxylic acids is 1. The third-order valence-electron chi connectivity index (χ3n) is 4.65. The predicted molar refractivity (Wildman–Crippen MR) is 93.0 cm³/mol. The number of carbonyl (C=O) groups is 1. The number of nitrogens with zero attached hydrogens (tertiary/aromatic N) is 3. The van der Waals surface area contributed by atoms with Gasteiger partial charge < -0.3 is 9.64 Å². The number of morpholine rings is 1. The highest BCUT2D eigenvalue weighted by Crippen LogP contribution is 2.25. The molecule has 2 aromatic rings. The minimum absolute atomic E-state index is 0.0342. The number of aromatic nitrogens is 2. The Kier molecular flexibility index (Phi) is 4.45. The van der Waals surface area contributed by atoms with E-state index in [1.807, 2.05) is 55.5 Å². The van der Waals surface area contributed by atoms with Crippen LogP contribution in [0.25, 0.3) is 0 Å². The molecule has 24 heavy (non-hydrogen) atoms. The maximum Gasteiger partial charge on any atom is 0.257 e. The average molecular weight is 327 g/mol.